The fourth-order valence-electron chi connectivity index (χ4n) is 2.04. The van der Waals surface area contributed by atoms with Crippen LogP contribution in [0.15, 0.2) is 5.38 Å². The molecule has 0 aromatic carbocycles. The number of hydrogen-bond donors (Lipinski definition) is 2. The second-order valence-electron chi connectivity index (χ2n) is 4.53. The number of thiophene rings is 1. The zero-order valence-electron chi connectivity index (χ0n) is 11.4. The number of anilines is 1. The van der Waals surface area contributed by atoms with Gasteiger partial charge in [0.25, 0.3) is 0 Å². The molecule has 0 bridgehead atoms. The van der Waals surface area contributed by atoms with Crippen LogP contribution in [0.25, 0.3) is 10.2 Å². The molecule has 0 spiro atoms. The van der Waals surface area contributed by atoms with Gasteiger partial charge in [-0.2, -0.15) is 11.8 Å². The van der Waals surface area contributed by atoms with Gasteiger partial charge in [-0.05, 0) is 37.5 Å². The largest absolute Gasteiger partial charge is 0.396 e. The van der Waals surface area contributed by atoms with E-state index in [1.54, 1.807) is 23.1 Å². The second kappa shape index (κ2) is 6.54. The number of aromatic nitrogens is 2. The summed E-state index contributed by atoms with van der Waals surface area (Å²) in [7, 11) is 0. The first kappa shape index (κ1) is 14.6. The number of fused-ring (bicyclic) bond motifs is 1. The Morgan fingerprint density at radius 2 is 2.21 bits per heavy atom. The Hall–Kier alpha value is -0.850. The van der Waals surface area contributed by atoms with Crippen LogP contribution in [0.2, 0.25) is 0 Å². The third-order valence-corrected chi connectivity index (χ3v) is 4.64. The molecule has 0 amide bonds. The van der Waals surface area contributed by atoms with Gasteiger partial charge in [0.1, 0.15) is 16.5 Å². The number of aryl methyl sites for hydroxylation is 2. The summed E-state index contributed by atoms with van der Waals surface area (Å²) < 4.78 is 0. The normalized spacial score (nSPS) is 12.8. The fraction of sp³-hybridized carbons (Fsp3) is 0.538. The van der Waals surface area contributed by atoms with Crippen LogP contribution in [-0.2, 0) is 0 Å². The van der Waals surface area contributed by atoms with Crippen LogP contribution in [0.3, 0.4) is 0 Å². The molecule has 2 aromatic rings. The van der Waals surface area contributed by atoms with Gasteiger partial charge in [-0.1, -0.05) is 0 Å². The monoisotopic (exact) mass is 297 g/mol. The molecule has 6 heteroatoms. The number of aliphatic hydroxyl groups is 1. The van der Waals surface area contributed by atoms with Crippen molar-refractivity contribution < 1.29 is 5.11 Å². The van der Waals surface area contributed by atoms with E-state index in [-0.39, 0.29) is 12.6 Å². The number of hydrogen-bond acceptors (Lipinski definition) is 6. The maximum Gasteiger partial charge on any atom is 0.139 e. The third kappa shape index (κ3) is 3.38. The Bertz CT molecular complexity index is 550. The lowest BCUT2D eigenvalue weighted by Gasteiger charge is -2.18. The molecule has 0 saturated carbocycles. The maximum absolute atomic E-state index is 9.14. The summed E-state index contributed by atoms with van der Waals surface area (Å²) in [6.45, 7) is 4.18. The Kier molecular flexibility index (Phi) is 5.01. The second-order valence-corrected chi connectivity index (χ2v) is 6.30. The van der Waals surface area contributed by atoms with E-state index in [1.165, 1.54) is 5.56 Å². The standard InChI is InChI=1S/C13H19N3OS2/c1-8-6-19-13-11(8)12(14-9(2)15-13)16-10(4-5-17)7-18-3/h6,10,17H,4-5,7H2,1-3H3,(H,14,15,16). The third-order valence-electron chi connectivity index (χ3n) is 2.92. The molecule has 19 heavy (non-hydrogen) atoms. The van der Waals surface area contributed by atoms with Crippen LogP contribution in [0.4, 0.5) is 5.82 Å². The molecule has 0 aliphatic carbocycles. The van der Waals surface area contributed by atoms with Crippen molar-refractivity contribution in [1.82, 2.24) is 9.97 Å². The van der Waals surface area contributed by atoms with Crippen LogP contribution in [-0.4, -0.2) is 39.7 Å². The van der Waals surface area contributed by atoms with Crippen LogP contribution >= 0.6 is 23.1 Å². The number of rotatable bonds is 6. The minimum atomic E-state index is 0.189. The summed E-state index contributed by atoms with van der Waals surface area (Å²) in [5.74, 6) is 2.63. The smallest absolute Gasteiger partial charge is 0.139 e. The zero-order chi connectivity index (χ0) is 13.8. The number of nitrogens with zero attached hydrogens (tertiary/aromatic N) is 2. The highest BCUT2D eigenvalue weighted by atomic mass is 32.2. The Morgan fingerprint density at radius 1 is 1.42 bits per heavy atom. The molecule has 104 valence electrons. The summed E-state index contributed by atoms with van der Waals surface area (Å²) in [5, 5.41) is 15.8. The van der Waals surface area contributed by atoms with Crippen molar-refractivity contribution in [3.63, 3.8) is 0 Å². The lowest BCUT2D eigenvalue weighted by molar-refractivity contribution is 0.282. The first-order valence-corrected chi connectivity index (χ1v) is 8.51. The van der Waals surface area contributed by atoms with E-state index in [9.17, 15) is 0 Å². The molecule has 0 fully saturated rings. The molecule has 0 aliphatic heterocycles. The van der Waals surface area contributed by atoms with Crippen molar-refractivity contribution in [3.8, 4) is 0 Å². The van der Waals surface area contributed by atoms with Gasteiger partial charge >= 0.3 is 0 Å². The van der Waals surface area contributed by atoms with Crippen molar-refractivity contribution in [3.05, 3.63) is 16.8 Å². The van der Waals surface area contributed by atoms with E-state index < -0.39 is 0 Å². The highest BCUT2D eigenvalue weighted by Gasteiger charge is 2.14. The van der Waals surface area contributed by atoms with Crippen LogP contribution in [0, 0.1) is 13.8 Å². The van der Waals surface area contributed by atoms with Gasteiger partial charge in [0, 0.05) is 18.4 Å². The lowest BCUT2D eigenvalue weighted by Crippen LogP contribution is -2.24. The van der Waals surface area contributed by atoms with Crippen LogP contribution in [0.1, 0.15) is 17.8 Å². The summed E-state index contributed by atoms with van der Waals surface area (Å²) >= 11 is 3.42. The molecular weight excluding hydrogens is 278 g/mol. The first-order valence-electron chi connectivity index (χ1n) is 6.24. The van der Waals surface area contributed by atoms with Crippen molar-refractivity contribution >= 4 is 39.1 Å². The van der Waals surface area contributed by atoms with E-state index in [0.717, 1.165) is 34.0 Å². The topological polar surface area (TPSA) is 58.0 Å². The molecule has 1 atom stereocenters. The zero-order valence-corrected chi connectivity index (χ0v) is 13.1. The van der Waals surface area contributed by atoms with E-state index in [4.69, 9.17) is 5.11 Å². The number of nitrogens with one attached hydrogen (secondary N) is 1. The molecule has 1 unspecified atom stereocenters. The molecule has 2 heterocycles. The van der Waals surface area contributed by atoms with Gasteiger partial charge in [-0.25, -0.2) is 9.97 Å². The van der Waals surface area contributed by atoms with Gasteiger partial charge < -0.3 is 10.4 Å². The summed E-state index contributed by atoms with van der Waals surface area (Å²) in [4.78, 5) is 10.0. The Labute approximate surface area is 121 Å². The minimum absolute atomic E-state index is 0.189. The predicted octanol–water partition coefficient (Wildman–Crippen LogP) is 2.83. The molecule has 2 rings (SSSR count). The van der Waals surface area contributed by atoms with Crippen LogP contribution < -0.4 is 5.32 Å². The average Bonchev–Trinajstić information content (AvgIpc) is 2.71. The molecule has 0 saturated heterocycles. The van der Waals surface area contributed by atoms with Crippen molar-refractivity contribution in [2.24, 2.45) is 0 Å². The average molecular weight is 297 g/mol. The molecule has 4 nitrogen and oxygen atoms in total. The molecule has 0 aliphatic rings. The number of aliphatic hydroxyl groups excluding tert-OH is 1. The van der Waals surface area contributed by atoms with Gasteiger partial charge in [0.2, 0.25) is 0 Å². The summed E-state index contributed by atoms with van der Waals surface area (Å²) in [6.07, 6.45) is 2.80. The molecule has 2 N–H and O–H groups in total. The van der Waals surface area contributed by atoms with Gasteiger partial charge in [0.15, 0.2) is 0 Å². The Morgan fingerprint density at radius 3 is 2.89 bits per heavy atom. The van der Waals surface area contributed by atoms with Crippen molar-refractivity contribution in [2.75, 3.05) is 23.9 Å². The molecule has 2 aromatic heterocycles. The fourth-order valence-corrected chi connectivity index (χ4v) is 3.66. The lowest BCUT2D eigenvalue weighted by atomic mass is 10.2. The van der Waals surface area contributed by atoms with Crippen molar-refractivity contribution in [1.29, 1.82) is 0 Å². The van der Waals surface area contributed by atoms with Crippen molar-refractivity contribution in [2.45, 2.75) is 26.3 Å². The molecule has 0 radical (unpaired) electrons. The van der Waals surface area contributed by atoms with E-state index in [1.807, 2.05) is 6.92 Å². The SMILES string of the molecule is CSCC(CCO)Nc1nc(C)nc2scc(C)c12. The van der Waals surface area contributed by atoms with Gasteiger partial charge in [0.05, 0.1) is 5.39 Å². The van der Waals surface area contributed by atoms with E-state index in [0.29, 0.717) is 0 Å². The van der Waals surface area contributed by atoms with Gasteiger partial charge in [-0.15, -0.1) is 11.3 Å². The van der Waals surface area contributed by atoms with E-state index >= 15 is 0 Å². The summed E-state index contributed by atoms with van der Waals surface area (Å²) in [5.41, 5.74) is 1.20. The Balaban J connectivity index is 2.34. The quantitative estimate of drug-likeness (QED) is 0.858. The van der Waals surface area contributed by atoms with Crippen LogP contribution in [0.5, 0.6) is 0 Å². The van der Waals surface area contributed by atoms with Gasteiger partial charge in [-0.3, -0.25) is 0 Å². The maximum atomic E-state index is 9.14. The first-order chi connectivity index (χ1) is 9.15. The minimum Gasteiger partial charge on any atom is -0.396 e. The van der Waals surface area contributed by atoms with E-state index in [2.05, 4.69) is 33.8 Å². The summed E-state index contributed by atoms with van der Waals surface area (Å²) in [6, 6.07) is 0.233. The number of thioether (sulfide) groups is 1. The highest BCUT2D eigenvalue weighted by Crippen LogP contribution is 2.30. The predicted molar refractivity (Wildman–Crippen MR) is 84.4 cm³/mol. The highest BCUT2D eigenvalue weighted by molar-refractivity contribution is 7.98. The molecular formula is C13H19N3OS2.